The SMILES string of the molecule is C=C/C=C(\C=C)Cc1ccc(NC(=O)C(C)C)cn1.[HH]. The average molecular weight is 258 g/mol. The van der Waals surface area contributed by atoms with Crippen LogP contribution in [0.25, 0.3) is 0 Å². The molecule has 1 rings (SSSR count). The fourth-order valence-corrected chi connectivity index (χ4v) is 1.45. The molecule has 1 aromatic rings. The van der Waals surface area contributed by atoms with E-state index in [0.717, 1.165) is 17.0 Å². The van der Waals surface area contributed by atoms with Crippen LogP contribution in [0.5, 0.6) is 0 Å². The van der Waals surface area contributed by atoms with Crippen LogP contribution in [0, 0.1) is 5.92 Å². The predicted molar refractivity (Wildman–Crippen MR) is 82.0 cm³/mol. The first kappa shape index (κ1) is 14.9. The first-order valence-corrected chi connectivity index (χ1v) is 6.26. The molecule has 0 aliphatic rings. The maximum Gasteiger partial charge on any atom is 0.226 e. The van der Waals surface area contributed by atoms with Crippen molar-refractivity contribution in [3.05, 3.63) is 61.0 Å². The van der Waals surface area contributed by atoms with E-state index in [-0.39, 0.29) is 13.3 Å². The van der Waals surface area contributed by atoms with Crippen molar-refractivity contribution in [3.8, 4) is 0 Å². The Morgan fingerprint density at radius 3 is 2.68 bits per heavy atom. The maximum atomic E-state index is 11.5. The van der Waals surface area contributed by atoms with Crippen LogP contribution in [0.4, 0.5) is 5.69 Å². The van der Waals surface area contributed by atoms with Gasteiger partial charge in [-0.05, 0) is 17.7 Å². The summed E-state index contributed by atoms with van der Waals surface area (Å²) in [5, 5.41) is 2.81. The van der Waals surface area contributed by atoms with Gasteiger partial charge in [-0.15, -0.1) is 0 Å². The number of carbonyl (C=O) groups is 1. The molecule has 102 valence electrons. The summed E-state index contributed by atoms with van der Waals surface area (Å²) in [7, 11) is 0. The van der Waals surface area contributed by atoms with Crippen molar-refractivity contribution < 1.29 is 6.22 Å². The Balaban J connectivity index is 0.00000361. The fraction of sp³-hybridized carbons (Fsp3) is 0.250. The van der Waals surface area contributed by atoms with Gasteiger partial charge in [0.25, 0.3) is 0 Å². The van der Waals surface area contributed by atoms with Gasteiger partial charge in [0, 0.05) is 19.5 Å². The highest BCUT2D eigenvalue weighted by Gasteiger charge is 2.07. The van der Waals surface area contributed by atoms with Crippen molar-refractivity contribution >= 4 is 11.6 Å². The van der Waals surface area contributed by atoms with Gasteiger partial charge < -0.3 is 5.32 Å². The molecule has 0 spiro atoms. The largest absolute Gasteiger partial charge is 0.325 e. The van der Waals surface area contributed by atoms with Crippen molar-refractivity contribution in [2.75, 3.05) is 5.32 Å². The first-order chi connectivity index (χ1) is 9.06. The van der Waals surface area contributed by atoms with Gasteiger partial charge in [-0.1, -0.05) is 45.2 Å². The van der Waals surface area contributed by atoms with Gasteiger partial charge >= 0.3 is 0 Å². The topological polar surface area (TPSA) is 42.0 Å². The molecule has 0 unspecified atom stereocenters. The lowest BCUT2D eigenvalue weighted by molar-refractivity contribution is -0.118. The van der Waals surface area contributed by atoms with Gasteiger partial charge in [0.05, 0.1) is 11.9 Å². The van der Waals surface area contributed by atoms with Gasteiger partial charge in [-0.2, -0.15) is 0 Å². The molecule has 0 aromatic carbocycles. The maximum absolute atomic E-state index is 11.5. The van der Waals surface area contributed by atoms with Crippen molar-refractivity contribution in [1.29, 1.82) is 0 Å². The second-order valence-electron chi connectivity index (χ2n) is 4.54. The predicted octanol–water partition coefficient (Wildman–Crippen LogP) is 3.76. The van der Waals surface area contributed by atoms with Crippen LogP contribution >= 0.6 is 0 Å². The summed E-state index contributed by atoms with van der Waals surface area (Å²) >= 11 is 0. The zero-order valence-electron chi connectivity index (χ0n) is 11.5. The van der Waals surface area contributed by atoms with Crippen LogP contribution < -0.4 is 5.32 Å². The Kier molecular flexibility index (Phi) is 5.73. The summed E-state index contributed by atoms with van der Waals surface area (Å²) < 4.78 is 0. The highest BCUT2D eigenvalue weighted by molar-refractivity contribution is 5.91. The van der Waals surface area contributed by atoms with E-state index in [2.05, 4.69) is 23.5 Å². The summed E-state index contributed by atoms with van der Waals surface area (Å²) in [5.74, 6) is -0.0459. The molecule has 1 N–H and O–H groups in total. The van der Waals surface area contributed by atoms with Crippen LogP contribution in [0.15, 0.2) is 55.3 Å². The molecular weight excluding hydrogens is 236 g/mol. The fourth-order valence-electron chi connectivity index (χ4n) is 1.45. The molecule has 0 atom stereocenters. The Bertz CT molecular complexity index is 490. The number of carbonyl (C=O) groups excluding carboxylic acids is 1. The number of nitrogens with one attached hydrogen (secondary N) is 1. The summed E-state index contributed by atoms with van der Waals surface area (Å²) in [6.45, 7) is 11.1. The summed E-state index contributed by atoms with van der Waals surface area (Å²) in [5.41, 5.74) is 2.70. The van der Waals surface area contributed by atoms with Crippen molar-refractivity contribution in [3.63, 3.8) is 0 Å². The van der Waals surface area contributed by atoms with Gasteiger partial charge in [0.2, 0.25) is 5.91 Å². The minimum absolute atomic E-state index is 0. The second kappa shape index (κ2) is 7.31. The summed E-state index contributed by atoms with van der Waals surface area (Å²) in [6.07, 6.45) is 7.80. The number of pyridine rings is 1. The van der Waals surface area contributed by atoms with E-state index >= 15 is 0 Å². The average Bonchev–Trinajstić information content (AvgIpc) is 2.40. The van der Waals surface area contributed by atoms with Crippen LogP contribution in [0.1, 0.15) is 21.0 Å². The molecule has 0 saturated carbocycles. The molecule has 0 saturated heterocycles. The zero-order valence-corrected chi connectivity index (χ0v) is 11.5. The van der Waals surface area contributed by atoms with Crippen molar-refractivity contribution in [1.82, 2.24) is 4.98 Å². The third-order valence-electron chi connectivity index (χ3n) is 2.60. The van der Waals surface area contributed by atoms with Gasteiger partial charge in [-0.25, -0.2) is 0 Å². The van der Waals surface area contributed by atoms with E-state index in [4.69, 9.17) is 0 Å². The highest BCUT2D eigenvalue weighted by atomic mass is 16.1. The Morgan fingerprint density at radius 1 is 1.47 bits per heavy atom. The van der Waals surface area contributed by atoms with Crippen LogP contribution in [0.2, 0.25) is 0 Å². The van der Waals surface area contributed by atoms with Crippen LogP contribution in [-0.4, -0.2) is 10.9 Å². The summed E-state index contributed by atoms with van der Waals surface area (Å²) in [6, 6.07) is 3.76. The Hall–Kier alpha value is -2.16. The van der Waals surface area contributed by atoms with Crippen molar-refractivity contribution in [2.24, 2.45) is 5.92 Å². The van der Waals surface area contributed by atoms with Crippen LogP contribution in [0.3, 0.4) is 0 Å². The molecule has 1 amide bonds. The molecule has 3 nitrogen and oxygen atoms in total. The lowest BCUT2D eigenvalue weighted by Crippen LogP contribution is -2.17. The van der Waals surface area contributed by atoms with Crippen molar-refractivity contribution in [2.45, 2.75) is 20.3 Å². The minimum Gasteiger partial charge on any atom is -0.325 e. The molecule has 3 heteroatoms. The number of allylic oxidation sites excluding steroid dienone is 4. The number of aromatic nitrogens is 1. The quantitative estimate of drug-likeness (QED) is 0.789. The van der Waals surface area contributed by atoms with Crippen LogP contribution in [-0.2, 0) is 11.2 Å². The molecule has 0 radical (unpaired) electrons. The second-order valence-corrected chi connectivity index (χ2v) is 4.54. The lowest BCUT2D eigenvalue weighted by atomic mass is 10.1. The molecule has 19 heavy (non-hydrogen) atoms. The standard InChI is InChI=1S/C16H20N2O.H2/c1-5-7-13(6-2)10-14-8-9-15(11-17-14)18-16(19)12(3)4;/h5-9,11-12H,1-2,10H2,3-4H3,(H,18,19);1H/b13-7+;. The molecular formula is C16H22N2O. The number of amides is 1. The minimum atomic E-state index is -0.0393. The number of anilines is 1. The molecule has 0 fully saturated rings. The zero-order chi connectivity index (χ0) is 14.3. The Morgan fingerprint density at radius 2 is 2.21 bits per heavy atom. The van der Waals surface area contributed by atoms with E-state index in [0.29, 0.717) is 6.42 Å². The van der Waals surface area contributed by atoms with E-state index in [1.54, 1.807) is 18.3 Å². The molecule has 0 aliphatic carbocycles. The highest BCUT2D eigenvalue weighted by Crippen LogP contribution is 2.11. The van der Waals surface area contributed by atoms with Gasteiger partial charge in [0.15, 0.2) is 0 Å². The van der Waals surface area contributed by atoms with Gasteiger partial charge in [-0.3, -0.25) is 9.78 Å². The third kappa shape index (κ3) is 4.92. The number of hydrogen-bond acceptors (Lipinski definition) is 2. The summed E-state index contributed by atoms with van der Waals surface area (Å²) in [4.78, 5) is 15.9. The Labute approximate surface area is 116 Å². The normalized spacial score (nSPS) is 11.2. The number of hydrogen-bond donors (Lipinski definition) is 1. The number of nitrogens with zero attached hydrogens (tertiary/aromatic N) is 1. The smallest absolute Gasteiger partial charge is 0.226 e. The van der Waals surface area contributed by atoms with E-state index < -0.39 is 0 Å². The van der Waals surface area contributed by atoms with E-state index in [9.17, 15) is 4.79 Å². The number of rotatable bonds is 6. The molecule has 1 heterocycles. The lowest BCUT2D eigenvalue weighted by Gasteiger charge is -2.08. The monoisotopic (exact) mass is 258 g/mol. The molecule has 0 aliphatic heterocycles. The third-order valence-corrected chi connectivity index (χ3v) is 2.60. The van der Waals surface area contributed by atoms with E-state index in [1.807, 2.05) is 32.1 Å². The van der Waals surface area contributed by atoms with E-state index in [1.165, 1.54) is 0 Å². The molecule has 1 aromatic heterocycles. The van der Waals surface area contributed by atoms with Gasteiger partial charge in [0.1, 0.15) is 0 Å². The molecule has 0 bridgehead atoms. The first-order valence-electron chi connectivity index (χ1n) is 6.26.